The van der Waals surface area contributed by atoms with Gasteiger partial charge < -0.3 is 0 Å². The number of nitrogens with zero attached hydrogens (tertiary/aromatic N) is 1. The SMILES string of the molecule is CC(c1cccc(CC2CC2)c1C#N)C1CC1. The molecule has 0 aliphatic heterocycles. The average Bonchev–Trinajstić information content (AvgIpc) is 3.20. The van der Waals surface area contributed by atoms with Gasteiger partial charge in [-0.1, -0.05) is 25.1 Å². The van der Waals surface area contributed by atoms with Crippen molar-refractivity contribution in [2.24, 2.45) is 11.8 Å². The molecule has 2 aliphatic rings. The number of hydrogen-bond donors (Lipinski definition) is 0. The second-order valence-corrected chi connectivity index (χ2v) is 5.77. The zero-order valence-corrected chi connectivity index (χ0v) is 10.4. The van der Waals surface area contributed by atoms with Gasteiger partial charge >= 0.3 is 0 Å². The average molecular weight is 225 g/mol. The van der Waals surface area contributed by atoms with Crippen LogP contribution in [0, 0.1) is 23.2 Å². The number of benzene rings is 1. The molecule has 0 N–H and O–H groups in total. The van der Waals surface area contributed by atoms with Gasteiger partial charge in [-0.05, 0) is 61.0 Å². The Morgan fingerprint density at radius 1 is 1.29 bits per heavy atom. The molecular weight excluding hydrogens is 206 g/mol. The third-order valence-corrected chi connectivity index (χ3v) is 4.32. The van der Waals surface area contributed by atoms with Crippen molar-refractivity contribution in [2.75, 3.05) is 0 Å². The summed E-state index contributed by atoms with van der Waals surface area (Å²) in [6, 6.07) is 8.92. The summed E-state index contributed by atoms with van der Waals surface area (Å²) in [5.41, 5.74) is 3.58. The highest BCUT2D eigenvalue weighted by atomic mass is 14.4. The predicted octanol–water partition coefficient (Wildman–Crippen LogP) is 4.02. The second kappa shape index (κ2) is 4.18. The molecule has 88 valence electrons. The molecule has 1 nitrogen and oxygen atoms in total. The minimum atomic E-state index is 0.573. The maximum absolute atomic E-state index is 9.43. The van der Waals surface area contributed by atoms with Crippen LogP contribution >= 0.6 is 0 Å². The lowest BCUT2D eigenvalue weighted by molar-refractivity contribution is 0.660. The predicted molar refractivity (Wildman–Crippen MR) is 68.7 cm³/mol. The normalized spacial score (nSPS) is 20.9. The molecule has 1 heteroatoms. The van der Waals surface area contributed by atoms with Crippen LogP contribution in [-0.4, -0.2) is 0 Å². The fraction of sp³-hybridized carbons (Fsp3) is 0.562. The molecule has 1 aromatic rings. The summed E-state index contributed by atoms with van der Waals surface area (Å²) >= 11 is 0. The van der Waals surface area contributed by atoms with Crippen LogP contribution in [0.5, 0.6) is 0 Å². The van der Waals surface area contributed by atoms with Gasteiger partial charge in [-0.2, -0.15) is 5.26 Å². The lowest BCUT2D eigenvalue weighted by atomic mass is 9.88. The van der Waals surface area contributed by atoms with Crippen LogP contribution in [0.3, 0.4) is 0 Å². The Bertz CT molecular complexity index is 461. The highest BCUT2D eigenvalue weighted by Gasteiger charge is 2.31. The van der Waals surface area contributed by atoms with Crippen LogP contribution in [-0.2, 0) is 6.42 Å². The molecular formula is C16H19N. The van der Waals surface area contributed by atoms with Crippen LogP contribution < -0.4 is 0 Å². The summed E-state index contributed by atoms with van der Waals surface area (Å²) in [7, 11) is 0. The molecule has 0 amide bonds. The molecule has 0 radical (unpaired) electrons. The lowest BCUT2D eigenvalue weighted by Gasteiger charge is -2.15. The molecule has 0 spiro atoms. The maximum atomic E-state index is 9.43. The molecule has 3 rings (SSSR count). The quantitative estimate of drug-likeness (QED) is 0.759. The van der Waals surface area contributed by atoms with E-state index in [1.54, 1.807) is 0 Å². The summed E-state index contributed by atoms with van der Waals surface area (Å²) < 4.78 is 0. The fourth-order valence-electron chi connectivity index (χ4n) is 2.79. The molecule has 0 bridgehead atoms. The highest BCUT2D eigenvalue weighted by Crippen LogP contribution is 2.44. The van der Waals surface area contributed by atoms with Gasteiger partial charge in [0, 0.05) is 0 Å². The van der Waals surface area contributed by atoms with Crippen molar-refractivity contribution in [3.8, 4) is 6.07 Å². The molecule has 1 unspecified atom stereocenters. The Morgan fingerprint density at radius 2 is 2.06 bits per heavy atom. The van der Waals surface area contributed by atoms with E-state index >= 15 is 0 Å². The van der Waals surface area contributed by atoms with E-state index in [-0.39, 0.29) is 0 Å². The van der Waals surface area contributed by atoms with E-state index in [1.807, 2.05) is 0 Å². The van der Waals surface area contributed by atoms with E-state index in [9.17, 15) is 5.26 Å². The maximum Gasteiger partial charge on any atom is 0.0997 e. The number of nitriles is 1. The molecule has 2 saturated carbocycles. The second-order valence-electron chi connectivity index (χ2n) is 5.77. The molecule has 0 heterocycles. The Kier molecular flexibility index (Phi) is 2.67. The van der Waals surface area contributed by atoms with Gasteiger partial charge in [-0.15, -0.1) is 0 Å². The van der Waals surface area contributed by atoms with E-state index in [0.717, 1.165) is 23.8 Å². The fourth-order valence-corrected chi connectivity index (χ4v) is 2.79. The van der Waals surface area contributed by atoms with Crippen molar-refractivity contribution in [2.45, 2.75) is 44.9 Å². The van der Waals surface area contributed by atoms with Crippen molar-refractivity contribution in [1.82, 2.24) is 0 Å². The van der Waals surface area contributed by atoms with Gasteiger partial charge in [-0.3, -0.25) is 0 Å². The zero-order valence-electron chi connectivity index (χ0n) is 10.4. The summed E-state index contributed by atoms with van der Waals surface area (Å²) in [6.45, 7) is 2.29. The van der Waals surface area contributed by atoms with Crippen molar-refractivity contribution < 1.29 is 0 Å². The summed E-state index contributed by atoms with van der Waals surface area (Å²) in [6.07, 6.45) is 6.52. The van der Waals surface area contributed by atoms with Gasteiger partial charge in [0.25, 0.3) is 0 Å². The Balaban J connectivity index is 1.93. The van der Waals surface area contributed by atoms with E-state index in [4.69, 9.17) is 0 Å². The molecule has 1 aromatic carbocycles. The van der Waals surface area contributed by atoms with E-state index in [1.165, 1.54) is 36.8 Å². The molecule has 0 aromatic heterocycles. The van der Waals surface area contributed by atoms with Crippen molar-refractivity contribution >= 4 is 0 Å². The first kappa shape index (κ1) is 10.8. The van der Waals surface area contributed by atoms with Crippen molar-refractivity contribution in [3.63, 3.8) is 0 Å². The van der Waals surface area contributed by atoms with Gasteiger partial charge in [0.05, 0.1) is 11.6 Å². The van der Waals surface area contributed by atoms with Crippen LogP contribution in [0.25, 0.3) is 0 Å². The Morgan fingerprint density at radius 3 is 2.65 bits per heavy atom. The Hall–Kier alpha value is -1.29. The largest absolute Gasteiger partial charge is 0.192 e. The first-order valence-corrected chi connectivity index (χ1v) is 6.81. The van der Waals surface area contributed by atoms with Crippen LogP contribution in [0.4, 0.5) is 0 Å². The van der Waals surface area contributed by atoms with E-state index < -0.39 is 0 Å². The summed E-state index contributed by atoms with van der Waals surface area (Å²) in [5, 5.41) is 9.43. The van der Waals surface area contributed by atoms with Crippen LogP contribution in [0.15, 0.2) is 18.2 Å². The molecule has 1 atom stereocenters. The van der Waals surface area contributed by atoms with Crippen LogP contribution in [0.1, 0.15) is 55.2 Å². The highest BCUT2D eigenvalue weighted by molar-refractivity contribution is 5.46. The molecule has 2 aliphatic carbocycles. The molecule has 0 saturated heterocycles. The smallest absolute Gasteiger partial charge is 0.0997 e. The zero-order chi connectivity index (χ0) is 11.8. The van der Waals surface area contributed by atoms with E-state index in [0.29, 0.717) is 5.92 Å². The van der Waals surface area contributed by atoms with Gasteiger partial charge in [0.15, 0.2) is 0 Å². The standard InChI is InChI=1S/C16H19N/c1-11(13-7-8-13)15-4-2-3-14(16(15)10-17)9-12-5-6-12/h2-4,11-13H,5-9H2,1H3. The molecule has 2 fully saturated rings. The monoisotopic (exact) mass is 225 g/mol. The topological polar surface area (TPSA) is 23.8 Å². The third-order valence-electron chi connectivity index (χ3n) is 4.32. The first-order valence-electron chi connectivity index (χ1n) is 6.81. The minimum absolute atomic E-state index is 0.573. The first-order chi connectivity index (χ1) is 8.29. The minimum Gasteiger partial charge on any atom is -0.192 e. The Labute approximate surface area is 103 Å². The summed E-state index contributed by atoms with van der Waals surface area (Å²) in [5.74, 6) is 2.26. The van der Waals surface area contributed by atoms with Gasteiger partial charge in [0.2, 0.25) is 0 Å². The van der Waals surface area contributed by atoms with Crippen molar-refractivity contribution in [3.05, 3.63) is 34.9 Å². The molecule has 17 heavy (non-hydrogen) atoms. The van der Waals surface area contributed by atoms with Gasteiger partial charge in [-0.25, -0.2) is 0 Å². The number of hydrogen-bond acceptors (Lipinski definition) is 1. The summed E-state index contributed by atoms with van der Waals surface area (Å²) in [4.78, 5) is 0. The van der Waals surface area contributed by atoms with Gasteiger partial charge in [0.1, 0.15) is 0 Å². The lowest BCUT2D eigenvalue weighted by Crippen LogP contribution is -2.03. The van der Waals surface area contributed by atoms with E-state index in [2.05, 4.69) is 31.2 Å². The third kappa shape index (κ3) is 2.22. The van der Waals surface area contributed by atoms with Crippen LogP contribution in [0.2, 0.25) is 0 Å². The van der Waals surface area contributed by atoms with Crippen molar-refractivity contribution in [1.29, 1.82) is 5.26 Å². The number of rotatable bonds is 4.